The molecule has 0 atom stereocenters. The van der Waals surface area contributed by atoms with E-state index >= 15 is 0 Å². The zero-order chi connectivity index (χ0) is 23.1. The molecule has 2 amide bonds. The fourth-order valence-electron chi connectivity index (χ4n) is 4.44. The maximum Gasteiger partial charge on any atom is 0.289 e. The van der Waals surface area contributed by atoms with Gasteiger partial charge in [0.25, 0.3) is 5.91 Å². The third-order valence-electron chi connectivity index (χ3n) is 6.07. The van der Waals surface area contributed by atoms with Crippen molar-refractivity contribution in [3.05, 3.63) is 59.0 Å². The number of amides is 2. The zero-order valence-corrected chi connectivity index (χ0v) is 19.7. The molecule has 1 fully saturated rings. The van der Waals surface area contributed by atoms with Crippen LogP contribution in [0.2, 0.25) is 0 Å². The molecule has 8 nitrogen and oxygen atoms in total. The summed E-state index contributed by atoms with van der Waals surface area (Å²) < 4.78 is 7.25. The third kappa shape index (κ3) is 3.97. The number of fused-ring (bicyclic) bond motifs is 3. The number of aromatic nitrogens is 3. The lowest BCUT2D eigenvalue weighted by Crippen LogP contribution is -2.51. The Morgan fingerprint density at radius 3 is 2.48 bits per heavy atom. The smallest absolute Gasteiger partial charge is 0.289 e. The molecule has 4 aromatic rings. The SMILES string of the molecule is Cc1cc(C)c2c(c1)c(C)cc1nnc(SCC(=O)N3CCN(C(=O)c4ccco4)CC3)n12. The number of aryl methyl sites for hydroxylation is 3. The quantitative estimate of drug-likeness (QED) is 0.431. The van der Waals surface area contributed by atoms with Gasteiger partial charge in [-0.3, -0.25) is 14.0 Å². The molecule has 1 saturated heterocycles. The molecule has 1 aliphatic rings. The van der Waals surface area contributed by atoms with Crippen LogP contribution in [0.15, 0.2) is 46.2 Å². The number of piperazine rings is 1. The van der Waals surface area contributed by atoms with E-state index in [9.17, 15) is 9.59 Å². The molecule has 0 bridgehead atoms. The first-order valence-electron chi connectivity index (χ1n) is 10.9. The number of pyridine rings is 1. The van der Waals surface area contributed by atoms with Gasteiger partial charge in [0.05, 0.1) is 17.5 Å². The third-order valence-corrected chi connectivity index (χ3v) is 6.99. The van der Waals surface area contributed by atoms with Crippen molar-refractivity contribution in [3.63, 3.8) is 0 Å². The summed E-state index contributed by atoms with van der Waals surface area (Å²) in [6.45, 7) is 8.27. The zero-order valence-electron chi connectivity index (χ0n) is 18.9. The molecule has 0 radical (unpaired) electrons. The van der Waals surface area contributed by atoms with E-state index in [1.54, 1.807) is 21.9 Å². The van der Waals surface area contributed by atoms with Gasteiger partial charge in [0.1, 0.15) is 0 Å². The summed E-state index contributed by atoms with van der Waals surface area (Å²) in [6.07, 6.45) is 1.49. The molecular weight excluding hydrogens is 438 g/mol. The van der Waals surface area contributed by atoms with E-state index in [1.165, 1.54) is 29.0 Å². The second-order valence-electron chi connectivity index (χ2n) is 8.42. The van der Waals surface area contributed by atoms with Gasteiger partial charge in [-0.25, -0.2) is 0 Å². The highest BCUT2D eigenvalue weighted by Gasteiger charge is 2.26. The average Bonchev–Trinajstić information content (AvgIpc) is 3.47. The number of furan rings is 1. The molecule has 4 heterocycles. The van der Waals surface area contributed by atoms with Crippen LogP contribution < -0.4 is 0 Å². The van der Waals surface area contributed by atoms with Gasteiger partial charge in [0, 0.05) is 31.6 Å². The highest BCUT2D eigenvalue weighted by Crippen LogP contribution is 2.29. The van der Waals surface area contributed by atoms with Gasteiger partial charge in [0.15, 0.2) is 16.6 Å². The van der Waals surface area contributed by atoms with Gasteiger partial charge in [0.2, 0.25) is 5.91 Å². The van der Waals surface area contributed by atoms with Crippen molar-refractivity contribution in [2.75, 3.05) is 31.9 Å². The monoisotopic (exact) mass is 463 g/mol. The topological polar surface area (TPSA) is 84.0 Å². The van der Waals surface area contributed by atoms with Crippen LogP contribution in [0.25, 0.3) is 16.6 Å². The largest absolute Gasteiger partial charge is 0.459 e. The van der Waals surface area contributed by atoms with Crippen molar-refractivity contribution in [1.29, 1.82) is 0 Å². The average molecular weight is 464 g/mol. The molecular formula is C24H25N5O3S. The number of carbonyl (C=O) groups excluding carboxylic acids is 2. The Bertz CT molecular complexity index is 1350. The summed E-state index contributed by atoms with van der Waals surface area (Å²) in [4.78, 5) is 28.8. The number of hydrogen-bond donors (Lipinski definition) is 0. The van der Waals surface area contributed by atoms with Crippen LogP contribution >= 0.6 is 11.8 Å². The maximum absolute atomic E-state index is 12.9. The standard InChI is InChI=1S/C24H25N5O3S/c1-15-11-17(3)22-18(12-15)16(2)13-20-25-26-24(29(20)22)33-14-21(30)27-6-8-28(9-7-27)23(31)19-5-4-10-32-19/h4-5,10-13H,6-9,14H2,1-3H3. The molecule has 0 spiro atoms. The van der Waals surface area contributed by atoms with Gasteiger partial charge < -0.3 is 14.2 Å². The Balaban J connectivity index is 1.29. The molecule has 9 heteroatoms. The lowest BCUT2D eigenvalue weighted by Gasteiger charge is -2.34. The number of hydrogen-bond acceptors (Lipinski definition) is 6. The van der Waals surface area contributed by atoms with Crippen LogP contribution in [0, 0.1) is 20.8 Å². The second-order valence-corrected chi connectivity index (χ2v) is 9.36. The molecule has 0 unspecified atom stereocenters. The number of carbonyl (C=O) groups is 2. The number of rotatable bonds is 4. The minimum atomic E-state index is -0.135. The summed E-state index contributed by atoms with van der Waals surface area (Å²) in [7, 11) is 0. The van der Waals surface area contributed by atoms with Crippen LogP contribution in [0.3, 0.4) is 0 Å². The first-order valence-corrected chi connectivity index (χ1v) is 11.9. The van der Waals surface area contributed by atoms with Crippen molar-refractivity contribution in [2.24, 2.45) is 0 Å². The lowest BCUT2D eigenvalue weighted by atomic mass is 10.0. The summed E-state index contributed by atoms with van der Waals surface area (Å²) >= 11 is 1.40. The Morgan fingerprint density at radius 1 is 1.00 bits per heavy atom. The van der Waals surface area contributed by atoms with Gasteiger partial charge in [-0.05, 0) is 56.2 Å². The van der Waals surface area contributed by atoms with E-state index in [0.29, 0.717) is 37.1 Å². The summed E-state index contributed by atoms with van der Waals surface area (Å²) in [5, 5.41) is 10.6. The van der Waals surface area contributed by atoms with Crippen molar-refractivity contribution in [1.82, 2.24) is 24.4 Å². The lowest BCUT2D eigenvalue weighted by molar-refractivity contribution is -0.129. The first-order chi connectivity index (χ1) is 15.9. The summed E-state index contributed by atoms with van der Waals surface area (Å²) in [6, 6.07) is 9.74. The fourth-order valence-corrected chi connectivity index (χ4v) is 5.29. The molecule has 3 aromatic heterocycles. The highest BCUT2D eigenvalue weighted by molar-refractivity contribution is 7.99. The van der Waals surface area contributed by atoms with Gasteiger partial charge in [-0.2, -0.15) is 0 Å². The predicted octanol–water partition coefficient (Wildman–Crippen LogP) is 3.48. The van der Waals surface area contributed by atoms with E-state index in [4.69, 9.17) is 4.42 Å². The van der Waals surface area contributed by atoms with E-state index in [-0.39, 0.29) is 17.6 Å². The van der Waals surface area contributed by atoms with E-state index in [2.05, 4.69) is 47.5 Å². The van der Waals surface area contributed by atoms with Crippen LogP contribution in [-0.4, -0.2) is 68.1 Å². The van der Waals surface area contributed by atoms with Gasteiger partial charge in [-0.15, -0.1) is 10.2 Å². The summed E-state index contributed by atoms with van der Waals surface area (Å²) in [5.41, 5.74) is 5.40. The normalized spacial score (nSPS) is 14.4. The predicted molar refractivity (Wildman–Crippen MR) is 127 cm³/mol. The fraction of sp³-hybridized carbons (Fsp3) is 0.333. The van der Waals surface area contributed by atoms with Crippen LogP contribution in [-0.2, 0) is 4.79 Å². The minimum absolute atomic E-state index is 0.0332. The molecule has 0 saturated carbocycles. The van der Waals surface area contributed by atoms with Crippen LogP contribution in [0.4, 0.5) is 0 Å². The number of thioether (sulfide) groups is 1. The number of nitrogens with zero attached hydrogens (tertiary/aromatic N) is 5. The first kappa shape index (κ1) is 21.5. The Morgan fingerprint density at radius 2 is 1.76 bits per heavy atom. The molecule has 33 heavy (non-hydrogen) atoms. The Kier molecular flexibility index (Phi) is 5.57. The number of benzene rings is 1. The van der Waals surface area contributed by atoms with Crippen LogP contribution in [0.1, 0.15) is 27.2 Å². The van der Waals surface area contributed by atoms with E-state index in [0.717, 1.165) is 22.3 Å². The van der Waals surface area contributed by atoms with E-state index in [1.807, 2.05) is 6.07 Å². The molecule has 1 aliphatic heterocycles. The summed E-state index contributed by atoms with van der Waals surface area (Å²) in [5.74, 6) is 0.500. The molecule has 170 valence electrons. The van der Waals surface area contributed by atoms with Crippen molar-refractivity contribution >= 4 is 40.1 Å². The minimum Gasteiger partial charge on any atom is -0.459 e. The Labute approximate surface area is 195 Å². The van der Waals surface area contributed by atoms with Crippen molar-refractivity contribution < 1.29 is 14.0 Å². The van der Waals surface area contributed by atoms with Crippen LogP contribution in [0.5, 0.6) is 0 Å². The second kappa shape index (κ2) is 8.55. The van der Waals surface area contributed by atoms with Gasteiger partial charge in [-0.1, -0.05) is 23.4 Å². The molecule has 1 aromatic carbocycles. The van der Waals surface area contributed by atoms with Crippen molar-refractivity contribution in [3.8, 4) is 0 Å². The highest BCUT2D eigenvalue weighted by atomic mass is 32.2. The maximum atomic E-state index is 12.9. The van der Waals surface area contributed by atoms with Gasteiger partial charge >= 0.3 is 0 Å². The molecule has 5 rings (SSSR count). The Hall–Kier alpha value is -3.33. The van der Waals surface area contributed by atoms with E-state index < -0.39 is 0 Å². The molecule has 0 N–H and O–H groups in total. The molecule has 0 aliphatic carbocycles. The van der Waals surface area contributed by atoms with Crippen molar-refractivity contribution in [2.45, 2.75) is 25.9 Å².